The second-order valence-electron chi connectivity index (χ2n) is 3.17. The van der Waals surface area contributed by atoms with Crippen molar-refractivity contribution in [1.82, 2.24) is 14.5 Å². The molecule has 0 aliphatic rings. The summed E-state index contributed by atoms with van der Waals surface area (Å²) in [6, 6.07) is 3.55. The van der Waals surface area contributed by atoms with Crippen LogP contribution in [0.25, 0.3) is 0 Å². The van der Waals surface area contributed by atoms with E-state index in [2.05, 4.69) is 9.97 Å². The molecule has 0 spiro atoms. The number of imidazole rings is 1. The van der Waals surface area contributed by atoms with Crippen LogP contribution in [0.1, 0.15) is 11.7 Å². The Hall–Kier alpha value is -1.39. The molecule has 1 N–H and O–H groups in total. The Bertz CT molecular complexity index is 429. The van der Waals surface area contributed by atoms with Crippen LogP contribution in [0, 0.1) is 0 Å². The van der Waals surface area contributed by atoms with Gasteiger partial charge in [-0.1, -0.05) is 11.6 Å². The van der Waals surface area contributed by atoms with Crippen LogP contribution in [0.4, 0.5) is 0 Å². The third kappa shape index (κ3) is 2.34. The van der Waals surface area contributed by atoms with Gasteiger partial charge in [-0.2, -0.15) is 0 Å². The fourth-order valence-corrected chi connectivity index (χ4v) is 1.49. The largest absolute Gasteiger partial charge is 0.387 e. The van der Waals surface area contributed by atoms with E-state index in [0.717, 1.165) is 5.56 Å². The molecule has 0 saturated carbocycles. The molecule has 0 radical (unpaired) electrons. The molecule has 15 heavy (non-hydrogen) atoms. The zero-order valence-electron chi connectivity index (χ0n) is 7.92. The molecule has 0 aliphatic carbocycles. The van der Waals surface area contributed by atoms with E-state index >= 15 is 0 Å². The maximum Gasteiger partial charge on any atom is 0.128 e. The molecule has 0 amide bonds. The third-order valence-corrected chi connectivity index (χ3v) is 2.44. The molecule has 1 atom stereocenters. The molecule has 1 unspecified atom stereocenters. The minimum Gasteiger partial charge on any atom is -0.387 e. The summed E-state index contributed by atoms with van der Waals surface area (Å²) in [6.45, 7) is 0.392. The highest BCUT2D eigenvalue weighted by atomic mass is 35.5. The minimum atomic E-state index is -0.598. The zero-order valence-corrected chi connectivity index (χ0v) is 8.67. The van der Waals surface area contributed by atoms with E-state index in [9.17, 15) is 5.11 Å². The summed E-state index contributed by atoms with van der Waals surface area (Å²) in [6.07, 6.45) is 5.83. The van der Waals surface area contributed by atoms with Crippen molar-refractivity contribution in [3.63, 3.8) is 0 Å². The number of aliphatic hydroxyl groups excluding tert-OH is 1. The Labute approximate surface area is 92.2 Å². The van der Waals surface area contributed by atoms with Crippen LogP contribution in [-0.2, 0) is 6.54 Å². The van der Waals surface area contributed by atoms with Gasteiger partial charge in [0, 0.05) is 12.4 Å². The van der Waals surface area contributed by atoms with Crippen LogP contribution in [0.3, 0.4) is 0 Å². The monoisotopic (exact) mass is 223 g/mol. The molecule has 0 fully saturated rings. The zero-order chi connectivity index (χ0) is 10.7. The number of halogens is 1. The molecule has 2 aromatic rings. The second kappa shape index (κ2) is 4.42. The molecule has 0 saturated heterocycles. The van der Waals surface area contributed by atoms with Gasteiger partial charge in [0.15, 0.2) is 0 Å². The van der Waals surface area contributed by atoms with Crippen molar-refractivity contribution in [2.24, 2.45) is 0 Å². The Morgan fingerprint density at radius 1 is 1.33 bits per heavy atom. The summed E-state index contributed by atoms with van der Waals surface area (Å²) in [5.41, 5.74) is 0.815. The lowest BCUT2D eigenvalue weighted by Crippen LogP contribution is -2.07. The number of aliphatic hydroxyl groups is 1. The number of hydrogen-bond acceptors (Lipinski definition) is 3. The number of hydrogen-bond donors (Lipinski definition) is 1. The summed E-state index contributed by atoms with van der Waals surface area (Å²) in [4.78, 5) is 7.76. The van der Waals surface area contributed by atoms with E-state index in [0.29, 0.717) is 11.7 Å². The quantitative estimate of drug-likeness (QED) is 0.861. The molecule has 0 aromatic carbocycles. The molecular weight excluding hydrogens is 214 g/mol. The Kier molecular flexibility index (Phi) is 2.99. The van der Waals surface area contributed by atoms with Crippen molar-refractivity contribution >= 4 is 11.6 Å². The van der Waals surface area contributed by atoms with Gasteiger partial charge in [0.1, 0.15) is 5.15 Å². The van der Waals surface area contributed by atoms with Gasteiger partial charge >= 0.3 is 0 Å². The lowest BCUT2D eigenvalue weighted by Gasteiger charge is -2.11. The highest BCUT2D eigenvalue weighted by molar-refractivity contribution is 6.29. The number of pyridine rings is 1. The van der Waals surface area contributed by atoms with Crippen LogP contribution in [0.15, 0.2) is 37.1 Å². The molecule has 0 bridgehead atoms. The Morgan fingerprint density at radius 3 is 2.67 bits per heavy atom. The summed E-state index contributed by atoms with van der Waals surface area (Å²) < 4.78 is 1.69. The van der Waals surface area contributed by atoms with Crippen molar-refractivity contribution in [3.05, 3.63) is 47.8 Å². The van der Waals surface area contributed by atoms with Gasteiger partial charge in [0.05, 0.1) is 25.2 Å². The topological polar surface area (TPSA) is 50.9 Å². The smallest absolute Gasteiger partial charge is 0.128 e. The van der Waals surface area contributed by atoms with E-state index in [1.165, 1.54) is 0 Å². The van der Waals surface area contributed by atoms with Crippen molar-refractivity contribution in [2.45, 2.75) is 12.6 Å². The lowest BCUT2D eigenvalue weighted by atomic mass is 10.1. The fraction of sp³-hybridized carbons (Fsp3) is 0.200. The fourth-order valence-electron chi connectivity index (χ4n) is 1.32. The molecule has 2 rings (SSSR count). The molecule has 78 valence electrons. The van der Waals surface area contributed by atoms with E-state index in [-0.39, 0.29) is 0 Å². The van der Waals surface area contributed by atoms with Gasteiger partial charge in [0.25, 0.3) is 0 Å². The first kappa shape index (κ1) is 10.1. The standard InChI is InChI=1S/C10H10ClN3O/c11-10-5-13-7-14(10)6-9(15)8-1-3-12-4-2-8/h1-5,7,9,15H,6H2. The average Bonchev–Trinajstić information content (AvgIpc) is 2.66. The first-order valence-corrected chi connectivity index (χ1v) is 4.89. The van der Waals surface area contributed by atoms with Gasteiger partial charge in [0.2, 0.25) is 0 Å². The van der Waals surface area contributed by atoms with E-state index < -0.39 is 6.10 Å². The highest BCUT2D eigenvalue weighted by Gasteiger charge is 2.09. The van der Waals surface area contributed by atoms with Crippen molar-refractivity contribution in [2.75, 3.05) is 0 Å². The molecular formula is C10H10ClN3O. The highest BCUT2D eigenvalue weighted by Crippen LogP contribution is 2.16. The molecule has 5 heteroatoms. The van der Waals surface area contributed by atoms with Gasteiger partial charge in [-0.15, -0.1) is 0 Å². The van der Waals surface area contributed by atoms with E-state index in [1.54, 1.807) is 41.6 Å². The predicted octanol–water partition coefficient (Wildman–Crippen LogP) is 1.67. The lowest BCUT2D eigenvalue weighted by molar-refractivity contribution is 0.156. The van der Waals surface area contributed by atoms with Crippen LogP contribution in [0.2, 0.25) is 5.15 Å². The van der Waals surface area contributed by atoms with Crippen molar-refractivity contribution in [3.8, 4) is 0 Å². The van der Waals surface area contributed by atoms with E-state index in [4.69, 9.17) is 11.6 Å². The maximum atomic E-state index is 9.88. The van der Waals surface area contributed by atoms with Crippen LogP contribution in [-0.4, -0.2) is 19.6 Å². The van der Waals surface area contributed by atoms with Crippen LogP contribution < -0.4 is 0 Å². The number of rotatable bonds is 3. The summed E-state index contributed by atoms with van der Waals surface area (Å²) >= 11 is 5.85. The van der Waals surface area contributed by atoms with Crippen LogP contribution in [0.5, 0.6) is 0 Å². The normalized spacial score (nSPS) is 12.7. The van der Waals surface area contributed by atoms with Crippen molar-refractivity contribution < 1.29 is 5.11 Å². The van der Waals surface area contributed by atoms with E-state index in [1.807, 2.05) is 0 Å². The molecule has 0 aliphatic heterocycles. The predicted molar refractivity (Wildman–Crippen MR) is 56.4 cm³/mol. The van der Waals surface area contributed by atoms with Gasteiger partial charge in [-0.3, -0.25) is 4.98 Å². The SMILES string of the molecule is OC(Cn1cncc1Cl)c1ccncc1. The maximum absolute atomic E-state index is 9.88. The molecule has 2 aromatic heterocycles. The summed E-state index contributed by atoms with van der Waals surface area (Å²) in [5.74, 6) is 0. The summed E-state index contributed by atoms with van der Waals surface area (Å²) in [5, 5.41) is 10.4. The molecule has 2 heterocycles. The second-order valence-corrected chi connectivity index (χ2v) is 3.55. The van der Waals surface area contributed by atoms with Crippen LogP contribution >= 0.6 is 11.6 Å². The Balaban J connectivity index is 2.11. The number of aromatic nitrogens is 3. The third-order valence-electron chi connectivity index (χ3n) is 2.12. The summed E-state index contributed by atoms with van der Waals surface area (Å²) in [7, 11) is 0. The molecule has 4 nitrogen and oxygen atoms in total. The average molecular weight is 224 g/mol. The minimum absolute atomic E-state index is 0.392. The number of nitrogens with zero attached hydrogens (tertiary/aromatic N) is 3. The van der Waals surface area contributed by atoms with Gasteiger partial charge < -0.3 is 9.67 Å². The van der Waals surface area contributed by atoms with Crippen molar-refractivity contribution in [1.29, 1.82) is 0 Å². The Morgan fingerprint density at radius 2 is 2.07 bits per heavy atom. The van der Waals surface area contributed by atoms with Gasteiger partial charge in [-0.05, 0) is 17.7 Å². The van der Waals surface area contributed by atoms with Gasteiger partial charge in [-0.25, -0.2) is 4.98 Å². The first-order valence-electron chi connectivity index (χ1n) is 4.51. The first-order chi connectivity index (χ1) is 7.27.